The SMILES string of the molecule is CC(C)COCCOc1ccc2cc(Br)ccc2c1. The van der Waals surface area contributed by atoms with E-state index in [2.05, 4.69) is 54.0 Å². The van der Waals surface area contributed by atoms with Crippen LogP contribution in [0.3, 0.4) is 0 Å². The first kappa shape index (κ1) is 14.4. The van der Waals surface area contributed by atoms with Crippen LogP contribution >= 0.6 is 15.9 Å². The zero-order chi connectivity index (χ0) is 13.7. The summed E-state index contributed by atoms with van der Waals surface area (Å²) in [6, 6.07) is 12.4. The van der Waals surface area contributed by atoms with E-state index in [1.54, 1.807) is 0 Å². The molecule has 0 fully saturated rings. The molecule has 0 aromatic heterocycles. The maximum Gasteiger partial charge on any atom is 0.120 e. The number of ether oxygens (including phenoxy) is 2. The van der Waals surface area contributed by atoms with E-state index in [0.717, 1.165) is 16.8 Å². The minimum Gasteiger partial charge on any atom is -0.491 e. The quantitative estimate of drug-likeness (QED) is 0.720. The zero-order valence-electron chi connectivity index (χ0n) is 11.4. The van der Waals surface area contributed by atoms with Crippen molar-refractivity contribution in [2.45, 2.75) is 13.8 Å². The van der Waals surface area contributed by atoms with Crippen molar-refractivity contribution in [2.75, 3.05) is 19.8 Å². The molecule has 0 bridgehead atoms. The Morgan fingerprint density at radius 1 is 1.00 bits per heavy atom. The molecule has 0 aliphatic heterocycles. The third-order valence-electron chi connectivity index (χ3n) is 2.72. The minimum absolute atomic E-state index is 0.569. The Balaban J connectivity index is 1.89. The molecule has 0 aliphatic carbocycles. The number of benzene rings is 2. The van der Waals surface area contributed by atoms with E-state index in [1.165, 1.54) is 10.8 Å². The predicted molar refractivity (Wildman–Crippen MR) is 82.8 cm³/mol. The molecule has 0 unspecified atom stereocenters. The fourth-order valence-electron chi connectivity index (χ4n) is 1.82. The van der Waals surface area contributed by atoms with Gasteiger partial charge in [0.2, 0.25) is 0 Å². The molecular formula is C16H19BrO2. The molecule has 2 aromatic carbocycles. The van der Waals surface area contributed by atoms with Gasteiger partial charge in [0.05, 0.1) is 6.61 Å². The van der Waals surface area contributed by atoms with Gasteiger partial charge in [-0.2, -0.15) is 0 Å². The highest BCUT2D eigenvalue weighted by atomic mass is 79.9. The van der Waals surface area contributed by atoms with Gasteiger partial charge in [-0.3, -0.25) is 0 Å². The Bertz CT molecular complexity index is 537. The van der Waals surface area contributed by atoms with Crippen molar-refractivity contribution in [3.63, 3.8) is 0 Å². The number of fused-ring (bicyclic) bond motifs is 1. The van der Waals surface area contributed by atoms with Crippen molar-refractivity contribution in [3.8, 4) is 5.75 Å². The van der Waals surface area contributed by atoms with E-state index < -0.39 is 0 Å². The van der Waals surface area contributed by atoms with Gasteiger partial charge >= 0.3 is 0 Å². The van der Waals surface area contributed by atoms with Gasteiger partial charge in [-0.25, -0.2) is 0 Å². The van der Waals surface area contributed by atoms with Crippen LogP contribution in [0.2, 0.25) is 0 Å². The van der Waals surface area contributed by atoms with Gasteiger partial charge in [0.1, 0.15) is 12.4 Å². The largest absolute Gasteiger partial charge is 0.491 e. The van der Waals surface area contributed by atoms with Crippen LogP contribution in [-0.2, 0) is 4.74 Å². The molecule has 2 rings (SSSR count). The van der Waals surface area contributed by atoms with Crippen LogP contribution in [0.5, 0.6) is 5.75 Å². The molecule has 0 aliphatic rings. The van der Waals surface area contributed by atoms with Crippen LogP contribution in [-0.4, -0.2) is 19.8 Å². The van der Waals surface area contributed by atoms with Crippen molar-refractivity contribution >= 4 is 26.7 Å². The Morgan fingerprint density at radius 2 is 1.74 bits per heavy atom. The maximum atomic E-state index is 5.69. The van der Waals surface area contributed by atoms with Gasteiger partial charge in [-0.1, -0.05) is 41.9 Å². The molecule has 102 valence electrons. The van der Waals surface area contributed by atoms with E-state index in [1.807, 2.05) is 12.1 Å². The van der Waals surface area contributed by atoms with Crippen molar-refractivity contribution in [3.05, 3.63) is 40.9 Å². The number of rotatable bonds is 6. The van der Waals surface area contributed by atoms with Gasteiger partial charge < -0.3 is 9.47 Å². The van der Waals surface area contributed by atoms with Crippen LogP contribution < -0.4 is 4.74 Å². The lowest BCUT2D eigenvalue weighted by molar-refractivity contribution is 0.0819. The minimum atomic E-state index is 0.569. The van der Waals surface area contributed by atoms with Crippen molar-refractivity contribution in [1.82, 2.24) is 0 Å². The summed E-state index contributed by atoms with van der Waals surface area (Å²) in [5.74, 6) is 1.46. The van der Waals surface area contributed by atoms with Gasteiger partial charge in [-0.05, 0) is 41.0 Å². The molecule has 0 amide bonds. The monoisotopic (exact) mass is 322 g/mol. The van der Waals surface area contributed by atoms with E-state index >= 15 is 0 Å². The van der Waals surface area contributed by atoms with E-state index in [4.69, 9.17) is 9.47 Å². The normalized spacial score (nSPS) is 11.2. The van der Waals surface area contributed by atoms with E-state index in [0.29, 0.717) is 19.1 Å². The number of halogens is 1. The van der Waals surface area contributed by atoms with Crippen molar-refractivity contribution in [1.29, 1.82) is 0 Å². The second-order valence-electron chi connectivity index (χ2n) is 4.97. The summed E-state index contributed by atoms with van der Waals surface area (Å²) in [4.78, 5) is 0. The van der Waals surface area contributed by atoms with Crippen molar-refractivity contribution < 1.29 is 9.47 Å². The fourth-order valence-corrected chi connectivity index (χ4v) is 2.20. The first-order chi connectivity index (χ1) is 9.15. The molecule has 0 N–H and O–H groups in total. The third-order valence-corrected chi connectivity index (χ3v) is 3.21. The second-order valence-corrected chi connectivity index (χ2v) is 5.89. The summed E-state index contributed by atoms with van der Waals surface area (Å²) in [7, 11) is 0. The van der Waals surface area contributed by atoms with Crippen molar-refractivity contribution in [2.24, 2.45) is 5.92 Å². The summed E-state index contributed by atoms with van der Waals surface area (Å²) in [5.41, 5.74) is 0. The molecule has 0 saturated carbocycles. The highest BCUT2D eigenvalue weighted by molar-refractivity contribution is 9.10. The first-order valence-electron chi connectivity index (χ1n) is 6.55. The molecule has 0 atom stereocenters. The zero-order valence-corrected chi connectivity index (χ0v) is 12.9. The lowest BCUT2D eigenvalue weighted by atomic mass is 10.1. The Labute approximate surface area is 122 Å². The highest BCUT2D eigenvalue weighted by Crippen LogP contribution is 2.24. The first-order valence-corrected chi connectivity index (χ1v) is 7.34. The molecule has 0 heterocycles. The predicted octanol–water partition coefficient (Wildman–Crippen LogP) is 4.65. The van der Waals surface area contributed by atoms with Gasteiger partial charge in [0.15, 0.2) is 0 Å². The lowest BCUT2D eigenvalue weighted by Gasteiger charge is -2.09. The highest BCUT2D eigenvalue weighted by Gasteiger charge is 1.99. The van der Waals surface area contributed by atoms with E-state index in [-0.39, 0.29) is 0 Å². The van der Waals surface area contributed by atoms with Crippen LogP contribution in [0.15, 0.2) is 40.9 Å². The molecule has 0 saturated heterocycles. The fraction of sp³-hybridized carbons (Fsp3) is 0.375. The van der Waals surface area contributed by atoms with Gasteiger partial charge in [-0.15, -0.1) is 0 Å². The summed E-state index contributed by atoms with van der Waals surface area (Å²) in [5, 5.41) is 2.39. The number of hydrogen-bond donors (Lipinski definition) is 0. The summed E-state index contributed by atoms with van der Waals surface area (Å²) in [6.07, 6.45) is 0. The van der Waals surface area contributed by atoms with Crippen LogP contribution in [0.4, 0.5) is 0 Å². The van der Waals surface area contributed by atoms with Crippen LogP contribution in [0.25, 0.3) is 10.8 Å². The standard InChI is InChI=1S/C16H19BrO2/c1-12(2)11-18-7-8-19-16-6-4-13-9-15(17)5-3-14(13)10-16/h3-6,9-10,12H,7-8,11H2,1-2H3. The average molecular weight is 323 g/mol. The van der Waals surface area contributed by atoms with Gasteiger partial charge in [0.25, 0.3) is 0 Å². The summed E-state index contributed by atoms with van der Waals surface area (Å²) < 4.78 is 12.3. The molecule has 3 heteroatoms. The molecule has 2 aromatic rings. The van der Waals surface area contributed by atoms with Gasteiger partial charge in [0, 0.05) is 11.1 Å². The summed E-state index contributed by atoms with van der Waals surface area (Å²) >= 11 is 3.47. The Hall–Kier alpha value is -1.06. The lowest BCUT2D eigenvalue weighted by Crippen LogP contribution is -2.10. The molecule has 19 heavy (non-hydrogen) atoms. The molecule has 2 nitrogen and oxygen atoms in total. The van der Waals surface area contributed by atoms with Crippen LogP contribution in [0, 0.1) is 5.92 Å². The van der Waals surface area contributed by atoms with E-state index in [9.17, 15) is 0 Å². The Morgan fingerprint density at radius 3 is 2.53 bits per heavy atom. The Kier molecular flexibility index (Phi) is 5.23. The average Bonchev–Trinajstić information content (AvgIpc) is 2.38. The smallest absolute Gasteiger partial charge is 0.120 e. The summed E-state index contributed by atoms with van der Waals surface area (Å²) in [6.45, 7) is 6.30. The maximum absolute atomic E-state index is 5.69. The molecule has 0 radical (unpaired) electrons. The third kappa shape index (κ3) is 4.51. The second kappa shape index (κ2) is 6.92. The molecule has 0 spiro atoms. The molecular weight excluding hydrogens is 304 g/mol. The topological polar surface area (TPSA) is 18.5 Å². The number of hydrogen-bond acceptors (Lipinski definition) is 2. The van der Waals surface area contributed by atoms with Crippen LogP contribution in [0.1, 0.15) is 13.8 Å².